The Labute approximate surface area is 88.1 Å². The molecular formula is C12H24N2. The Bertz CT molecular complexity index is 181. The molecule has 0 amide bonds. The van der Waals surface area contributed by atoms with Gasteiger partial charge in [-0.3, -0.25) is 4.90 Å². The fraction of sp³-hybridized carbons (Fsp3) is 1.00. The van der Waals surface area contributed by atoms with Crippen molar-refractivity contribution in [2.24, 2.45) is 0 Å². The van der Waals surface area contributed by atoms with E-state index in [1.807, 2.05) is 0 Å². The average Bonchev–Trinajstić information content (AvgIpc) is 2.18. The van der Waals surface area contributed by atoms with E-state index in [-0.39, 0.29) is 0 Å². The second-order valence-corrected chi connectivity index (χ2v) is 4.89. The van der Waals surface area contributed by atoms with Gasteiger partial charge in [-0.25, -0.2) is 0 Å². The molecule has 1 aliphatic carbocycles. The summed E-state index contributed by atoms with van der Waals surface area (Å²) in [6, 6.07) is 0.795. The highest BCUT2D eigenvalue weighted by molar-refractivity contribution is 5.00. The Morgan fingerprint density at radius 1 is 1.36 bits per heavy atom. The molecule has 82 valence electrons. The lowest BCUT2D eigenvalue weighted by Crippen LogP contribution is -2.63. The van der Waals surface area contributed by atoms with Crippen molar-refractivity contribution in [3.63, 3.8) is 0 Å². The molecule has 1 heterocycles. The smallest absolute Gasteiger partial charge is 0.0224 e. The fourth-order valence-corrected chi connectivity index (χ4v) is 3.18. The van der Waals surface area contributed by atoms with E-state index in [0.29, 0.717) is 5.54 Å². The van der Waals surface area contributed by atoms with Gasteiger partial charge in [0.2, 0.25) is 0 Å². The van der Waals surface area contributed by atoms with Crippen LogP contribution in [0.5, 0.6) is 0 Å². The molecule has 0 radical (unpaired) electrons. The number of piperazine rings is 1. The van der Waals surface area contributed by atoms with E-state index >= 15 is 0 Å². The molecule has 0 aromatic carbocycles. The third-order valence-corrected chi connectivity index (χ3v) is 4.37. The first kappa shape index (κ1) is 10.4. The maximum Gasteiger partial charge on any atom is 0.0224 e. The standard InChI is InChI=1S/C12H24N2/c1-3-11-10-13-8-9-14(11)12(4-2)6-5-7-12/h11,13H,3-10H2,1-2H3. The van der Waals surface area contributed by atoms with Crippen molar-refractivity contribution < 1.29 is 0 Å². The zero-order valence-electron chi connectivity index (χ0n) is 9.68. The molecule has 1 N–H and O–H groups in total. The van der Waals surface area contributed by atoms with Crippen molar-refractivity contribution in [3.05, 3.63) is 0 Å². The van der Waals surface area contributed by atoms with Gasteiger partial charge in [-0.15, -0.1) is 0 Å². The van der Waals surface area contributed by atoms with Crippen LogP contribution in [0.3, 0.4) is 0 Å². The summed E-state index contributed by atoms with van der Waals surface area (Å²) in [5.74, 6) is 0. The second kappa shape index (κ2) is 4.19. The van der Waals surface area contributed by atoms with Crippen LogP contribution in [0.4, 0.5) is 0 Å². The molecule has 1 atom stereocenters. The van der Waals surface area contributed by atoms with Gasteiger partial charge in [-0.05, 0) is 32.1 Å². The maximum atomic E-state index is 3.52. The molecule has 2 heteroatoms. The van der Waals surface area contributed by atoms with Gasteiger partial charge in [-0.2, -0.15) is 0 Å². The summed E-state index contributed by atoms with van der Waals surface area (Å²) in [5.41, 5.74) is 0.600. The Hall–Kier alpha value is -0.0800. The van der Waals surface area contributed by atoms with Crippen molar-refractivity contribution in [1.29, 1.82) is 0 Å². The van der Waals surface area contributed by atoms with E-state index < -0.39 is 0 Å². The van der Waals surface area contributed by atoms with Crippen molar-refractivity contribution >= 4 is 0 Å². The lowest BCUT2D eigenvalue weighted by molar-refractivity contribution is -0.0329. The molecule has 1 saturated carbocycles. The zero-order chi connectivity index (χ0) is 10.0. The summed E-state index contributed by atoms with van der Waals surface area (Å²) in [6.07, 6.45) is 6.99. The zero-order valence-corrected chi connectivity index (χ0v) is 9.68. The van der Waals surface area contributed by atoms with Gasteiger partial charge >= 0.3 is 0 Å². The number of hydrogen-bond donors (Lipinski definition) is 1. The molecule has 1 aliphatic heterocycles. The van der Waals surface area contributed by atoms with Gasteiger partial charge in [0.05, 0.1) is 0 Å². The van der Waals surface area contributed by atoms with E-state index in [4.69, 9.17) is 0 Å². The normalized spacial score (nSPS) is 32.6. The molecule has 2 fully saturated rings. The molecule has 2 nitrogen and oxygen atoms in total. The van der Waals surface area contributed by atoms with Crippen LogP contribution in [0.1, 0.15) is 46.0 Å². The topological polar surface area (TPSA) is 15.3 Å². The Kier molecular flexibility index (Phi) is 3.13. The van der Waals surface area contributed by atoms with Gasteiger partial charge in [0.25, 0.3) is 0 Å². The van der Waals surface area contributed by atoms with E-state index in [2.05, 4.69) is 24.1 Å². The maximum absolute atomic E-state index is 3.52. The summed E-state index contributed by atoms with van der Waals surface area (Å²) < 4.78 is 0. The van der Waals surface area contributed by atoms with Crippen LogP contribution >= 0.6 is 0 Å². The van der Waals surface area contributed by atoms with Crippen molar-refractivity contribution in [2.75, 3.05) is 19.6 Å². The van der Waals surface area contributed by atoms with Gasteiger partial charge in [0.15, 0.2) is 0 Å². The minimum atomic E-state index is 0.600. The summed E-state index contributed by atoms with van der Waals surface area (Å²) in [6.45, 7) is 8.36. The molecule has 1 unspecified atom stereocenters. The molecule has 0 aromatic heterocycles. The predicted molar refractivity (Wildman–Crippen MR) is 60.5 cm³/mol. The van der Waals surface area contributed by atoms with Gasteiger partial charge in [0, 0.05) is 31.2 Å². The lowest BCUT2D eigenvalue weighted by Gasteiger charge is -2.55. The molecule has 14 heavy (non-hydrogen) atoms. The highest BCUT2D eigenvalue weighted by Crippen LogP contribution is 2.42. The summed E-state index contributed by atoms with van der Waals surface area (Å²) in [7, 11) is 0. The Balaban J connectivity index is 2.05. The highest BCUT2D eigenvalue weighted by Gasteiger charge is 2.43. The largest absolute Gasteiger partial charge is 0.314 e. The number of rotatable bonds is 3. The molecule has 1 saturated heterocycles. The molecule has 0 bridgehead atoms. The number of nitrogens with zero attached hydrogens (tertiary/aromatic N) is 1. The predicted octanol–water partition coefficient (Wildman–Crippen LogP) is 2.00. The molecule has 0 spiro atoms. The first-order valence-electron chi connectivity index (χ1n) is 6.30. The SMILES string of the molecule is CCC1CNCCN1C1(CC)CCC1. The van der Waals surface area contributed by atoms with Gasteiger partial charge < -0.3 is 5.32 Å². The molecule has 2 aliphatic rings. The fourth-order valence-electron chi connectivity index (χ4n) is 3.18. The second-order valence-electron chi connectivity index (χ2n) is 4.89. The van der Waals surface area contributed by atoms with Crippen molar-refractivity contribution in [3.8, 4) is 0 Å². The first-order chi connectivity index (χ1) is 6.82. The van der Waals surface area contributed by atoms with Crippen molar-refractivity contribution in [2.45, 2.75) is 57.5 Å². The van der Waals surface area contributed by atoms with Gasteiger partial charge in [-0.1, -0.05) is 13.8 Å². The average molecular weight is 196 g/mol. The quantitative estimate of drug-likeness (QED) is 0.743. The molecule has 2 rings (SSSR count). The Morgan fingerprint density at radius 3 is 2.64 bits per heavy atom. The summed E-state index contributed by atoms with van der Waals surface area (Å²) >= 11 is 0. The van der Waals surface area contributed by atoms with Crippen LogP contribution in [0.15, 0.2) is 0 Å². The van der Waals surface area contributed by atoms with E-state index in [0.717, 1.165) is 6.04 Å². The number of hydrogen-bond acceptors (Lipinski definition) is 2. The highest BCUT2D eigenvalue weighted by atomic mass is 15.3. The van der Waals surface area contributed by atoms with Crippen LogP contribution < -0.4 is 5.32 Å². The summed E-state index contributed by atoms with van der Waals surface area (Å²) in [5, 5.41) is 3.52. The molecule has 0 aromatic rings. The Morgan fingerprint density at radius 2 is 2.14 bits per heavy atom. The van der Waals surface area contributed by atoms with Crippen LogP contribution in [0.2, 0.25) is 0 Å². The third-order valence-electron chi connectivity index (χ3n) is 4.37. The van der Waals surface area contributed by atoms with E-state index in [1.54, 1.807) is 0 Å². The van der Waals surface area contributed by atoms with Crippen LogP contribution in [0.25, 0.3) is 0 Å². The molecular weight excluding hydrogens is 172 g/mol. The van der Waals surface area contributed by atoms with Crippen LogP contribution in [-0.4, -0.2) is 36.1 Å². The minimum Gasteiger partial charge on any atom is -0.314 e. The monoisotopic (exact) mass is 196 g/mol. The lowest BCUT2D eigenvalue weighted by atomic mass is 9.72. The summed E-state index contributed by atoms with van der Waals surface area (Å²) in [4.78, 5) is 2.81. The number of nitrogens with one attached hydrogen (secondary N) is 1. The van der Waals surface area contributed by atoms with Crippen molar-refractivity contribution in [1.82, 2.24) is 10.2 Å². The van der Waals surface area contributed by atoms with Crippen LogP contribution in [0, 0.1) is 0 Å². The minimum absolute atomic E-state index is 0.600. The van der Waals surface area contributed by atoms with Gasteiger partial charge in [0.1, 0.15) is 0 Å². The van der Waals surface area contributed by atoms with E-state index in [1.165, 1.54) is 51.7 Å². The first-order valence-corrected chi connectivity index (χ1v) is 6.30. The van der Waals surface area contributed by atoms with E-state index in [9.17, 15) is 0 Å². The van der Waals surface area contributed by atoms with Crippen LogP contribution in [-0.2, 0) is 0 Å². The third kappa shape index (κ3) is 1.59.